The Hall–Kier alpha value is -1.86. The number of likely N-dealkylation sites (tertiary alicyclic amines) is 1. The first kappa shape index (κ1) is 23.9. The monoisotopic (exact) mass is 484 g/mol. The van der Waals surface area contributed by atoms with Crippen LogP contribution < -0.4 is 5.32 Å². The molecule has 0 unspecified atom stereocenters. The number of thiophene rings is 1. The second-order valence-electron chi connectivity index (χ2n) is 10.8. The summed E-state index contributed by atoms with van der Waals surface area (Å²) in [6, 6.07) is 4.32. The summed E-state index contributed by atoms with van der Waals surface area (Å²) in [7, 11) is 0. The molecule has 0 bridgehead atoms. The largest absolute Gasteiger partial charge is 0.351 e. The van der Waals surface area contributed by atoms with E-state index in [4.69, 9.17) is 0 Å². The topological polar surface area (TPSA) is 57.6 Å². The highest BCUT2D eigenvalue weighted by molar-refractivity contribution is 7.17. The zero-order valence-corrected chi connectivity index (χ0v) is 21.5. The Kier molecular flexibility index (Phi) is 7.30. The minimum Gasteiger partial charge on any atom is -0.351 e. The molecule has 1 aliphatic carbocycles. The zero-order valence-electron chi connectivity index (χ0n) is 20.7. The molecule has 34 heavy (non-hydrogen) atoms. The van der Waals surface area contributed by atoms with Crippen molar-refractivity contribution in [3.8, 4) is 0 Å². The van der Waals surface area contributed by atoms with E-state index in [2.05, 4.69) is 26.2 Å². The Morgan fingerprint density at radius 3 is 2.44 bits per heavy atom. The second-order valence-corrected chi connectivity index (χ2v) is 11.7. The van der Waals surface area contributed by atoms with E-state index in [1.807, 2.05) is 17.9 Å². The maximum Gasteiger partial charge on any atom is 0.271 e. The Balaban J connectivity index is 1.40. The number of hydrogen-bond donors (Lipinski definition) is 1. The first-order valence-electron chi connectivity index (χ1n) is 13.5. The van der Waals surface area contributed by atoms with Gasteiger partial charge < -0.3 is 19.7 Å². The molecular formula is C27H40N4O2S. The summed E-state index contributed by atoms with van der Waals surface area (Å²) in [6.45, 7) is 6.15. The van der Waals surface area contributed by atoms with Gasteiger partial charge in [0, 0.05) is 19.1 Å². The molecule has 7 heteroatoms. The van der Waals surface area contributed by atoms with Gasteiger partial charge in [0.15, 0.2) is 0 Å². The van der Waals surface area contributed by atoms with Crippen molar-refractivity contribution in [2.75, 3.05) is 26.2 Å². The highest BCUT2D eigenvalue weighted by Crippen LogP contribution is 2.34. The molecular weight excluding hydrogens is 444 g/mol. The maximum absolute atomic E-state index is 13.9. The minimum atomic E-state index is -0.883. The molecule has 2 aromatic heterocycles. The molecule has 2 aliphatic heterocycles. The second kappa shape index (κ2) is 10.4. The zero-order chi connectivity index (χ0) is 23.5. The molecule has 6 nitrogen and oxygen atoms in total. The van der Waals surface area contributed by atoms with Crippen molar-refractivity contribution in [1.82, 2.24) is 19.7 Å². The molecule has 1 atom stereocenters. The number of hydrogen-bond acceptors (Lipinski definition) is 4. The van der Waals surface area contributed by atoms with Crippen LogP contribution in [0.3, 0.4) is 0 Å². The molecule has 5 rings (SSSR count). The summed E-state index contributed by atoms with van der Waals surface area (Å²) in [5, 5.41) is 5.47. The smallest absolute Gasteiger partial charge is 0.271 e. The minimum absolute atomic E-state index is 0.000196. The molecule has 1 saturated heterocycles. The summed E-state index contributed by atoms with van der Waals surface area (Å²) < 4.78 is 3.22. The lowest BCUT2D eigenvalue weighted by atomic mass is 9.92. The van der Waals surface area contributed by atoms with E-state index in [1.54, 1.807) is 11.3 Å². The lowest BCUT2D eigenvalue weighted by Crippen LogP contribution is -2.65. The lowest BCUT2D eigenvalue weighted by Gasteiger charge is -2.45. The van der Waals surface area contributed by atoms with Gasteiger partial charge in [-0.3, -0.25) is 9.59 Å². The van der Waals surface area contributed by atoms with Crippen LogP contribution in [0.5, 0.6) is 0 Å². The molecule has 4 heterocycles. The molecule has 2 amide bonds. The van der Waals surface area contributed by atoms with Gasteiger partial charge in [-0.05, 0) is 63.2 Å². The maximum atomic E-state index is 13.9. The lowest BCUT2D eigenvalue weighted by molar-refractivity contribution is -0.133. The summed E-state index contributed by atoms with van der Waals surface area (Å²) in [6.07, 6.45) is 13.3. The van der Waals surface area contributed by atoms with Crippen molar-refractivity contribution >= 4 is 33.4 Å². The van der Waals surface area contributed by atoms with E-state index in [-0.39, 0.29) is 17.9 Å². The summed E-state index contributed by atoms with van der Waals surface area (Å²) in [4.78, 5) is 32.2. The average Bonchev–Trinajstić information content (AvgIpc) is 3.29. The third-order valence-corrected chi connectivity index (χ3v) is 9.17. The normalized spacial score (nSPS) is 25.6. The fraction of sp³-hybridized carbons (Fsp3) is 0.704. The number of aromatic nitrogens is 1. The Morgan fingerprint density at radius 1 is 1.03 bits per heavy atom. The molecule has 2 aromatic rings. The van der Waals surface area contributed by atoms with E-state index in [0.29, 0.717) is 13.1 Å². The van der Waals surface area contributed by atoms with E-state index in [0.717, 1.165) is 48.4 Å². The van der Waals surface area contributed by atoms with E-state index in [1.165, 1.54) is 57.8 Å². The fourth-order valence-electron chi connectivity index (χ4n) is 6.17. The van der Waals surface area contributed by atoms with Gasteiger partial charge >= 0.3 is 0 Å². The van der Waals surface area contributed by atoms with Crippen LogP contribution >= 0.6 is 11.3 Å². The van der Waals surface area contributed by atoms with Crippen molar-refractivity contribution in [1.29, 1.82) is 0 Å². The number of rotatable bonds is 5. The third kappa shape index (κ3) is 4.78. The van der Waals surface area contributed by atoms with Gasteiger partial charge in [0.05, 0.1) is 16.8 Å². The molecule has 0 radical (unpaired) electrons. The number of carbonyl (C=O) groups is 2. The van der Waals surface area contributed by atoms with Gasteiger partial charge in [-0.25, -0.2) is 0 Å². The molecule has 1 N–H and O–H groups in total. The van der Waals surface area contributed by atoms with Gasteiger partial charge in [0.2, 0.25) is 5.91 Å². The standard InChI is InChI=1S/C27H40N4O2S/c1-27(26(33)28-21-11-7-3-2-4-8-12-21)20-30-22-13-18-34-24(22)19-23(30)25(32)31(27)17-16-29-14-9-5-6-10-15-29/h13,18-19,21H,2-12,14-17,20H2,1H3,(H,28,33)/t27-/m1/s1. The highest BCUT2D eigenvalue weighted by atomic mass is 32.1. The van der Waals surface area contributed by atoms with Crippen LogP contribution in [0, 0.1) is 0 Å². The summed E-state index contributed by atoms with van der Waals surface area (Å²) in [5.74, 6) is 0.0183. The number of amides is 2. The van der Waals surface area contributed by atoms with Crippen molar-refractivity contribution in [3.05, 3.63) is 23.2 Å². The van der Waals surface area contributed by atoms with Crippen LogP contribution in [-0.4, -0.2) is 63.9 Å². The first-order chi connectivity index (χ1) is 16.6. The quantitative estimate of drug-likeness (QED) is 0.648. The number of nitrogens with one attached hydrogen (secondary N) is 1. The van der Waals surface area contributed by atoms with Crippen molar-refractivity contribution in [2.45, 2.75) is 95.7 Å². The molecule has 3 aliphatic rings. The van der Waals surface area contributed by atoms with Crippen molar-refractivity contribution in [2.24, 2.45) is 0 Å². The fourth-order valence-corrected chi connectivity index (χ4v) is 6.99. The molecule has 2 fully saturated rings. The van der Waals surface area contributed by atoms with Crippen LogP contribution in [0.25, 0.3) is 10.2 Å². The summed E-state index contributed by atoms with van der Waals surface area (Å²) in [5.41, 5.74) is 0.922. The molecule has 0 aromatic carbocycles. The average molecular weight is 485 g/mol. The predicted molar refractivity (Wildman–Crippen MR) is 138 cm³/mol. The van der Waals surface area contributed by atoms with Gasteiger partial charge in [-0.2, -0.15) is 0 Å². The van der Waals surface area contributed by atoms with Crippen LogP contribution in [0.15, 0.2) is 17.5 Å². The number of fused-ring (bicyclic) bond motifs is 3. The number of nitrogens with zero attached hydrogens (tertiary/aromatic N) is 3. The van der Waals surface area contributed by atoms with Crippen LogP contribution in [0.4, 0.5) is 0 Å². The highest BCUT2D eigenvalue weighted by Gasteiger charge is 2.48. The first-order valence-corrected chi connectivity index (χ1v) is 14.4. The van der Waals surface area contributed by atoms with E-state index >= 15 is 0 Å². The van der Waals surface area contributed by atoms with Gasteiger partial charge in [-0.1, -0.05) is 44.9 Å². The van der Waals surface area contributed by atoms with Gasteiger partial charge in [-0.15, -0.1) is 11.3 Å². The van der Waals surface area contributed by atoms with Gasteiger partial charge in [0.1, 0.15) is 11.2 Å². The van der Waals surface area contributed by atoms with E-state index < -0.39 is 5.54 Å². The summed E-state index contributed by atoms with van der Waals surface area (Å²) >= 11 is 1.66. The third-order valence-electron chi connectivity index (χ3n) is 8.32. The number of carbonyl (C=O) groups excluding carboxylic acids is 2. The Bertz CT molecular complexity index is 998. The van der Waals surface area contributed by atoms with Crippen molar-refractivity contribution in [3.63, 3.8) is 0 Å². The van der Waals surface area contributed by atoms with E-state index in [9.17, 15) is 9.59 Å². The van der Waals surface area contributed by atoms with Crippen molar-refractivity contribution < 1.29 is 9.59 Å². The molecule has 0 spiro atoms. The molecule has 186 valence electrons. The predicted octanol–water partition coefficient (Wildman–Crippen LogP) is 5.02. The Labute approximate surface area is 207 Å². The van der Waals surface area contributed by atoms with Crippen LogP contribution in [-0.2, 0) is 11.3 Å². The molecule has 1 saturated carbocycles. The SMILES string of the molecule is C[C@]1(C(=O)NC2CCCCCCC2)Cn2c(cc3sccc32)C(=O)N1CCN1CCCCCC1. The Morgan fingerprint density at radius 2 is 1.71 bits per heavy atom. The van der Waals surface area contributed by atoms with Crippen LogP contribution in [0.1, 0.15) is 88.0 Å². The van der Waals surface area contributed by atoms with Gasteiger partial charge in [0.25, 0.3) is 5.91 Å². The van der Waals surface area contributed by atoms with Crippen LogP contribution in [0.2, 0.25) is 0 Å².